The molecular weight excluding hydrogens is 537 g/mol. The van der Waals surface area contributed by atoms with Gasteiger partial charge in [0.2, 0.25) is 0 Å². The van der Waals surface area contributed by atoms with Gasteiger partial charge in [0, 0.05) is 29.9 Å². The van der Waals surface area contributed by atoms with E-state index in [-0.39, 0.29) is 16.4 Å². The van der Waals surface area contributed by atoms with Crippen molar-refractivity contribution in [3.8, 4) is 16.4 Å². The first-order valence-electron chi connectivity index (χ1n) is 10.9. The summed E-state index contributed by atoms with van der Waals surface area (Å²) in [5, 5.41) is 35.8. The zero-order valence-electron chi connectivity index (χ0n) is 19.0. The summed E-state index contributed by atoms with van der Waals surface area (Å²) in [5.41, 5.74) is -0.616. The van der Waals surface area contributed by atoms with E-state index in [0.717, 1.165) is 22.9 Å². The monoisotopic (exact) mass is 556 g/mol. The highest BCUT2D eigenvalue weighted by atomic mass is 35.5. The maximum absolute atomic E-state index is 13.8. The number of halogens is 4. The second-order valence-electron chi connectivity index (χ2n) is 8.21. The largest absolute Gasteiger partial charge is 0.418 e. The predicted molar refractivity (Wildman–Crippen MR) is 125 cm³/mol. The summed E-state index contributed by atoms with van der Waals surface area (Å²) in [5.74, 6) is 0. The third kappa shape index (κ3) is 4.76. The van der Waals surface area contributed by atoms with Gasteiger partial charge in [-0.2, -0.15) is 18.3 Å². The molecule has 4 aromatic rings. The summed E-state index contributed by atoms with van der Waals surface area (Å²) in [6.45, 7) is -0.572. The lowest BCUT2D eigenvalue weighted by Gasteiger charge is -2.43. The van der Waals surface area contributed by atoms with Gasteiger partial charge in [-0.3, -0.25) is 0 Å². The van der Waals surface area contributed by atoms with Crippen molar-refractivity contribution < 1.29 is 32.9 Å². The Bertz CT molecular complexity index is 1360. The van der Waals surface area contributed by atoms with Crippen LogP contribution in [0.3, 0.4) is 0 Å². The summed E-state index contributed by atoms with van der Waals surface area (Å²) >= 11 is 7.39. The molecule has 0 radical (unpaired) electrons. The van der Waals surface area contributed by atoms with Crippen LogP contribution < -0.4 is 0 Å². The molecule has 2 N–H and O–H groups in total. The molecule has 196 valence electrons. The number of hydrogen-bond acceptors (Lipinski definition) is 9. The van der Waals surface area contributed by atoms with Crippen LogP contribution in [0.4, 0.5) is 13.2 Å². The smallest absolute Gasteiger partial charge is 0.394 e. The SMILES string of the molecule is CO[C@@H]1[C@@H](n2cc(-c3nccs3)nn2)[C@@H](O)[C@@H](CO)O[C@H]1c1ccnn1-c1cc(Cl)ccc1C(F)(F)F. The normalized spacial score (nSPS) is 24.5. The van der Waals surface area contributed by atoms with E-state index in [1.54, 1.807) is 17.8 Å². The van der Waals surface area contributed by atoms with Crippen molar-refractivity contribution >= 4 is 22.9 Å². The van der Waals surface area contributed by atoms with Crippen molar-refractivity contribution in [1.29, 1.82) is 0 Å². The van der Waals surface area contributed by atoms with E-state index >= 15 is 0 Å². The number of aliphatic hydroxyl groups excluding tert-OH is 2. The molecule has 37 heavy (non-hydrogen) atoms. The molecule has 0 amide bonds. The van der Waals surface area contributed by atoms with E-state index in [9.17, 15) is 23.4 Å². The Morgan fingerprint density at radius 3 is 2.73 bits per heavy atom. The third-order valence-electron chi connectivity index (χ3n) is 6.06. The summed E-state index contributed by atoms with van der Waals surface area (Å²) in [6, 6.07) is 3.72. The lowest BCUT2D eigenvalue weighted by atomic mass is 9.90. The zero-order chi connectivity index (χ0) is 26.3. The second kappa shape index (κ2) is 10.1. The van der Waals surface area contributed by atoms with Crippen LogP contribution in [0.15, 0.2) is 48.2 Å². The highest BCUT2D eigenvalue weighted by molar-refractivity contribution is 7.13. The van der Waals surface area contributed by atoms with Crippen molar-refractivity contribution in [1.82, 2.24) is 29.8 Å². The van der Waals surface area contributed by atoms with Gasteiger partial charge in [-0.1, -0.05) is 16.8 Å². The van der Waals surface area contributed by atoms with Crippen LogP contribution >= 0.6 is 22.9 Å². The number of methoxy groups -OCH3 is 1. The molecule has 1 aromatic carbocycles. The summed E-state index contributed by atoms with van der Waals surface area (Å²) < 4.78 is 55.6. The maximum atomic E-state index is 13.8. The fourth-order valence-corrected chi connectivity index (χ4v) is 5.17. The molecule has 0 bridgehead atoms. The van der Waals surface area contributed by atoms with Crippen molar-refractivity contribution in [2.24, 2.45) is 0 Å². The van der Waals surface area contributed by atoms with Crippen LogP contribution in [0.5, 0.6) is 0 Å². The Labute approximate surface area is 216 Å². The van der Waals surface area contributed by atoms with Crippen LogP contribution in [0, 0.1) is 0 Å². The minimum atomic E-state index is -4.68. The number of alkyl halides is 3. The fraction of sp³-hybridized carbons (Fsp3) is 0.364. The van der Waals surface area contributed by atoms with Crippen molar-refractivity contribution in [3.63, 3.8) is 0 Å². The molecule has 10 nitrogen and oxygen atoms in total. The minimum absolute atomic E-state index is 0.0798. The van der Waals surface area contributed by atoms with Gasteiger partial charge in [-0.05, 0) is 24.3 Å². The Hall–Kier alpha value is -2.88. The zero-order valence-corrected chi connectivity index (χ0v) is 20.6. The number of nitrogens with zero attached hydrogens (tertiary/aromatic N) is 6. The van der Waals surface area contributed by atoms with Crippen molar-refractivity contribution in [3.05, 3.63) is 64.5 Å². The minimum Gasteiger partial charge on any atom is -0.394 e. The Balaban J connectivity index is 1.59. The van der Waals surface area contributed by atoms with Crippen molar-refractivity contribution in [2.75, 3.05) is 13.7 Å². The van der Waals surface area contributed by atoms with Crippen molar-refractivity contribution in [2.45, 2.75) is 36.6 Å². The first-order chi connectivity index (χ1) is 17.7. The van der Waals surface area contributed by atoms with Gasteiger partial charge < -0.3 is 19.7 Å². The number of aliphatic hydroxyl groups is 2. The number of hydrogen-bond donors (Lipinski definition) is 2. The van der Waals surface area contributed by atoms with E-state index < -0.39 is 48.8 Å². The van der Waals surface area contributed by atoms with Crippen LogP contribution in [-0.2, 0) is 15.7 Å². The molecule has 5 rings (SSSR count). The van der Waals surface area contributed by atoms with Gasteiger partial charge in [0.15, 0.2) is 0 Å². The highest BCUT2D eigenvalue weighted by Gasteiger charge is 2.49. The predicted octanol–water partition coefficient (Wildman–Crippen LogP) is 3.31. The Morgan fingerprint density at radius 1 is 1.24 bits per heavy atom. The molecule has 3 aromatic heterocycles. The van der Waals surface area contributed by atoms with Crippen LogP contribution in [-0.4, -0.2) is 72.0 Å². The lowest BCUT2D eigenvalue weighted by molar-refractivity contribution is -0.216. The molecule has 15 heteroatoms. The van der Waals surface area contributed by atoms with Gasteiger partial charge in [0.05, 0.1) is 29.7 Å². The quantitative estimate of drug-likeness (QED) is 0.371. The first kappa shape index (κ1) is 25.8. The summed E-state index contributed by atoms with van der Waals surface area (Å²) in [6.07, 6.45) is -4.61. The van der Waals surface area contributed by atoms with Crippen LogP contribution in [0.1, 0.15) is 23.4 Å². The van der Waals surface area contributed by atoms with E-state index in [0.29, 0.717) is 10.7 Å². The average molecular weight is 557 g/mol. The lowest BCUT2D eigenvalue weighted by Crippen LogP contribution is -2.53. The number of rotatable bonds is 6. The molecule has 0 aliphatic carbocycles. The van der Waals surface area contributed by atoms with Gasteiger partial charge in [-0.15, -0.1) is 16.4 Å². The summed E-state index contributed by atoms with van der Waals surface area (Å²) in [4.78, 5) is 4.20. The van der Waals surface area contributed by atoms with Crippen LogP contribution in [0.25, 0.3) is 16.4 Å². The standard InChI is InChI=1S/C22H20ClF3N6O4S/c1-35-20-17(31-9-13(29-30-31)21-27-6-7-37-21)18(34)16(10-33)36-19(20)14-4-5-28-32(14)15-8-11(23)2-3-12(15)22(24,25)26/h2-9,16-20,33-34H,10H2,1H3/t16-,17+,18+,19+,20-/m1/s1. The van der Waals surface area contributed by atoms with E-state index in [2.05, 4.69) is 20.4 Å². The topological polar surface area (TPSA) is 120 Å². The number of thiazole rings is 1. The van der Waals surface area contributed by atoms with Gasteiger partial charge in [0.25, 0.3) is 0 Å². The highest BCUT2D eigenvalue weighted by Crippen LogP contribution is 2.42. The molecule has 5 atom stereocenters. The molecular formula is C22H20ClF3N6O4S. The molecule has 1 aliphatic heterocycles. The first-order valence-corrected chi connectivity index (χ1v) is 12.2. The molecule has 0 spiro atoms. The molecule has 0 unspecified atom stereocenters. The van der Waals surface area contributed by atoms with Crippen LogP contribution in [0.2, 0.25) is 5.02 Å². The van der Waals surface area contributed by atoms with E-state index in [1.165, 1.54) is 35.4 Å². The maximum Gasteiger partial charge on any atom is 0.418 e. The third-order valence-corrected chi connectivity index (χ3v) is 7.09. The number of aromatic nitrogens is 6. The molecule has 0 saturated carbocycles. The Morgan fingerprint density at radius 2 is 2.05 bits per heavy atom. The second-order valence-corrected chi connectivity index (χ2v) is 9.54. The number of benzene rings is 1. The molecule has 1 aliphatic rings. The van der Waals surface area contributed by atoms with E-state index in [4.69, 9.17) is 21.1 Å². The Kier molecular flexibility index (Phi) is 7.04. The number of ether oxygens (including phenoxy) is 2. The van der Waals surface area contributed by atoms with Gasteiger partial charge >= 0.3 is 6.18 Å². The summed E-state index contributed by atoms with van der Waals surface area (Å²) in [7, 11) is 1.37. The molecule has 4 heterocycles. The van der Waals surface area contributed by atoms with Gasteiger partial charge in [0.1, 0.15) is 41.2 Å². The average Bonchev–Trinajstić information content (AvgIpc) is 3.64. The van der Waals surface area contributed by atoms with Gasteiger partial charge in [-0.25, -0.2) is 14.3 Å². The molecule has 1 saturated heterocycles. The fourth-order valence-electron chi connectivity index (χ4n) is 4.42. The van der Waals surface area contributed by atoms with E-state index in [1.807, 2.05) is 0 Å². The molecule has 1 fully saturated rings.